The van der Waals surface area contributed by atoms with E-state index >= 15 is 0 Å². The van der Waals surface area contributed by atoms with Gasteiger partial charge in [0.25, 0.3) is 0 Å². The average molecular weight is 450 g/mol. The average Bonchev–Trinajstić information content (AvgIpc) is 2.66. The molecule has 0 spiro atoms. The Hall–Kier alpha value is -0.430. The van der Waals surface area contributed by atoms with E-state index < -0.39 is 16.0 Å². The molecule has 0 heterocycles. The smallest absolute Gasteiger partial charge is 0.218 e. The Kier molecular flexibility index (Phi) is 20.4. The maximum atomic E-state index is 11.0. The molecule has 0 aromatic rings. The molecule has 182 valence electrons. The lowest BCUT2D eigenvalue weighted by Crippen LogP contribution is -2.37. The van der Waals surface area contributed by atoms with E-state index in [1.165, 1.54) is 77.0 Å². The molecule has 0 radical (unpaired) electrons. The molecule has 0 aliphatic rings. The van der Waals surface area contributed by atoms with Gasteiger partial charge in [-0.1, -0.05) is 97.1 Å². The second-order valence-electron chi connectivity index (χ2n) is 8.79. The Morgan fingerprint density at radius 1 is 0.833 bits per heavy atom. The molecule has 30 heavy (non-hydrogen) atoms. The highest BCUT2D eigenvalue weighted by molar-refractivity contribution is 7.80. The number of quaternary nitrogens is 1. The van der Waals surface area contributed by atoms with Gasteiger partial charge in [-0.2, -0.15) is 0 Å². The summed E-state index contributed by atoms with van der Waals surface area (Å²) in [6, 6.07) is 0. The zero-order chi connectivity index (χ0) is 22.0. The Morgan fingerprint density at radius 2 is 1.27 bits per heavy atom. The van der Waals surface area contributed by atoms with Gasteiger partial charge >= 0.3 is 0 Å². The van der Waals surface area contributed by atoms with Crippen molar-refractivity contribution < 1.29 is 17.2 Å². The molecule has 0 amide bonds. The van der Waals surface area contributed by atoms with E-state index in [1.807, 2.05) is 13.8 Å². The minimum atomic E-state index is -4.66. The summed E-state index contributed by atoms with van der Waals surface area (Å²) in [7, 11) is -4.66. The SMILES string of the molecule is CCCCCCCC/C=C\CCCCCCCCC(C)C(C)(CC)OS(=O)(=O)[O-].[NH4+]. The van der Waals surface area contributed by atoms with Gasteiger partial charge in [0.1, 0.15) is 0 Å². The Balaban J connectivity index is 0. The molecule has 0 saturated carbocycles. The first-order valence-electron chi connectivity index (χ1n) is 12.1. The monoisotopic (exact) mass is 449 g/mol. The zero-order valence-corrected chi connectivity index (χ0v) is 21.4. The van der Waals surface area contributed by atoms with Crippen molar-refractivity contribution in [1.29, 1.82) is 0 Å². The van der Waals surface area contributed by atoms with E-state index in [0.29, 0.717) is 6.42 Å². The Morgan fingerprint density at radius 3 is 1.70 bits per heavy atom. The second-order valence-corrected chi connectivity index (χ2v) is 9.77. The fourth-order valence-electron chi connectivity index (χ4n) is 3.73. The molecule has 0 aliphatic heterocycles. The summed E-state index contributed by atoms with van der Waals surface area (Å²) in [5.74, 6) is 0.0491. The van der Waals surface area contributed by atoms with Gasteiger partial charge in [0.15, 0.2) is 0 Å². The molecule has 0 bridgehead atoms. The Bertz CT molecular complexity index is 507. The zero-order valence-electron chi connectivity index (χ0n) is 20.6. The largest absolute Gasteiger partial charge is 0.726 e. The highest BCUT2D eigenvalue weighted by Crippen LogP contribution is 2.31. The molecule has 4 N–H and O–H groups in total. The van der Waals surface area contributed by atoms with Crippen molar-refractivity contribution in [3.8, 4) is 0 Å². The van der Waals surface area contributed by atoms with Crippen molar-refractivity contribution in [2.75, 3.05) is 0 Å². The molecule has 2 atom stereocenters. The molecule has 0 saturated heterocycles. The summed E-state index contributed by atoms with van der Waals surface area (Å²) in [5, 5.41) is 0. The van der Waals surface area contributed by atoms with Gasteiger partial charge in [-0.05, 0) is 51.4 Å². The van der Waals surface area contributed by atoms with Gasteiger partial charge < -0.3 is 10.7 Å². The van der Waals surface area contributed by atoms with Crippen molar-refractivity contribution in [2.45, 2.75) is 136 Å². The number of rotatable bonds is 20. The molecular weight excluding hydrogens is 398 g/mol. The Labute approximate surface area is 188 Å². The predicted molar refractivity (Wildman–Crippen MR) is 129 cm³/mol. The molecule has 2 unspecified atom stereocenters. The van der Waals surface area contributed by atoms with E-state index in [0.717, 1.165) is 19.3 Å². The minimum absolute atomic E-state index is 0. The van der Waals surface area contributed by atoms with Crippen LogP contribution in [0.4, 0.5) is 0 Å². The number of allylic oxidation sites excluding steroid dienone is 2. The molecule has 5 nitrogen and oxygen atoms in total. The predicted octanol–water partition coefficient (Wildman–Crippen LogP) is 8.07. The van der Waals surface area contributed by atoms with Crippen LogP contribution in [-0.2, 0) is 14.6 Å². The number of unbranched alkanes of at least 4 members (excludes halogenated alkanes) is 12. The third kappa shape index (κ3) is 18.3. The van der Waals surface area contributed by atoms with E-state index in [-0.39, 0.29) is 12.1 Å². The van der Waals surface area contributed by atoms with Gasteiger partial charge in [-0.15, -0.1) is 0 Å². The van der Waals surface area contributed by atoms with Crippen LogP contribution >= 0.6 is 0 Å². The molecule has 0 aromatic heterocycles. The fraction of sp³-hybridized carbons (Fsp3) is 0.917. The maximum absolute atomic E-state index is 11.0. The van der Waals surface area contributed by atoms with Gasteiger partial charge in [0.05, 0.1) is 5.60 Å². The summed E-state index contributed by atoms with van der Waals surface area (Å²) >= 11 is 0. The summed E-state index contributed by atoms with van der Waals surface area (Å²) in [6.45, 7) is 7.83. The summed E-state index contributed by atoms with van der Waals surface area (Å²) < 4.78 is 37.7. The fourth-order valence-corrected chi connectivity index (χ4v) is 4.47. The first-order chi connectivity index (χ1) is 13.7. The summed E-state index contributed by atoms with van der Waals surface area (Å²) in [6.07, 6.45) is 24.0. The van der Waals surface area contributed by atoms with Gasteiger partial charge in [-0.25, -0.2) is 8.42 Å². The van der Waals surface area contributed by atoms with Crippen molar-refractivity contribution in [3.63, 3.8) is 0 Å². The van der Waals surface area contributed by atoms with Crippen molar-refractivity contribution in [2.24, 2.45) is 5.92 Å². The number of hydrogen-bond donors (Lipinski definition) is 1. The van der Waals surface area contributed by atoms with Crippen LogP contribution in [0, 0.1) is 5.92 Å². The lowest BCUT2D eigenvalue weighted by Gasteiger charge is -2.35. The first-order valence-corrected chi connectivity index (χ1v) is 13.4. The highest BCUT2D eigenvalue weighted by atomic mass is 32.3. The van der Waals surface area contributed by atoms with Crippen molar-refractivity contribution in [1.82, 2.24) is 6.15 Å². The lowest BCUT2D eigenvalue weighted by atomic mass is 9.84. The number of hydrogen-bond acceptors (Lipinski definition) is 4. The summed E-state index contributed by atoms with van der Waals surface area (Å²) in [4.78, 5) is 0. The van der Waals surface area contributed by atoms with E-state index in [2.05, 4.69) is 19.1 Å². The normalized spacial score (nSPS) is 15.1. The van der Waals surface area contributed by atoms with Crippen molar-refractivity contribution in [3.05, 3.63) is 12.2 Å². The quantitative estimate of drug-likeness (QED) is 0.0877. The maximum Gasteiger partial charge on any atom is 0.218 e. The standard InChI is InChI=1S/C24H48O4S.H3N/c1-5-7-8-9-10-11-12-13-14-15-16-17-18-19-20-21-22-23(3)24(4,6-2)28-29(25,26)27;/h13-14,23H,5-12,15-22H2,1-4H3,(H,25,26,27);1H3/b14-13-;. The van der Waals surface area contributed by atoms with Gasteiger partial charge in [0.2, 0.25) is 10.4 Å². The molecule has 0 aliphatic carbocycles. The third-order valence-electron chi connectivity index (χ3n) is 6.19. The van der Waals surface area contributed by atoms with E-state index in [4.69, 9.17) is 4.18 Å². The highest BCUT2D eigenvalue weighted by Gasteiger charge is 2.32. The van der Waals surface area contributed by atoms with Gasteiger partial charge in [-0.3, -0.25) is 4.18 Å². The topological polar surface area (TPSA) is 103 Å². The summed E-state index contributed by atoms with van der Waals surface area (Å²) in [5.41, 5.74) is -0.886. The second kappa shape index (κ2) is 19.3. The van der Waals surface area contributed by atoms with Crippen LogP contribution in [0.25, 0.3) is 0 Å². The molecule has 0 rings (SSSR count). The molecule has 0 aromatic carbocycles. The van der Waals surface area contributed by atoms with Crippen LogP contribution in [-0.4, -0.2) is 18.6 Å². The van der Waals surface area contributed by atoms with Crippen LogP contribution < -0.4 is 6.15 Å². The third-order valence-corrected chi connectivity index (χ3v) is 6.77. The molecule has 0 fully saturated rings. The van der Waals surface area contributed by atoms with Gasteiger partial charge in [0, 0.05) is 0 Å². The lowest BCUT2D eigenvalue weighted by molar-refractivity contribution is 0.0189. The molecule has 6 heteroatoms. The first kappa shape index (κ1) is 31.8. The van der Waals surface area contributed by atoms with E-state index in [9.17, 15) is 13.0 Å². The van der Waals surface area contributed by atoms with Crippen molar-refractivity contribution >= 4 is 10.4 Å². The van der Waals surface area contributed by atoms with Crippen LogP contribution in [0.15, 0.2) is 12.2 Å². The van der Waals surface area contributed by atoms with E-state index in [1.54, 1.807) is 6.92 Å². The van der Waals surface area contributed by atoms with Crippen LogP contribution in [0.3, 0.4) is 0 Å². The molecular formula is C24H51NO4S. The minimum Gasteiger partial charge on any atom is -0.726 e. The van der Waals surface area contributed by atoms with Crippen LogP contribution in [0.1, 0.15) is 130 Å². The van der Waals surface area contributed by atoms with Crippen LogP contribution in [0.5, 0.6) is 0 Å². The van der Waals surface area contributed by atoms with Crippen LogP contribution in [0.2, 0.25) is 0 Å².